The van der Waals surface area contributed by atoms with Gasteiger partial charge in [-0.05, 0) is 43.2 Å². The highest BCUT2D eigenvalue weighted by atomic mass is 32.1. The van der Waals surface area contributed by atoms with Crippen molar-refractivity contribution in [3.63, 3.8) is 0 Å². The van der Waals surface area contributed by atoms with Gasteiger partial charge in [-0.1, -0.05) is 47.7 Å². The number of thiazole rings is 1. The molecule has 2 aromatic carbocycles. The van der Waals surface area contributed by atoms with Gasteiger partial charge in [0.15, 0.2) is 16.3 Å². The van der Waals surface area contributed by atoms with Gasteiger partial charge in [-0.15, -0.1) is 0 Å². The number of rotatable bonds is 4. The number of benzene rings is 2. The number of nitrogens with zero attached hydrogens (tertiary/aromatic N) is 2. The summed E-state index contributed by atoms with van der Waals surface area (Å²) in [4.78, 5) is 31.1. The van der Waals surface area contributed by atoms with Crippen LogP contribution in [0.3, 0.4) is 0 Å². The van der Waals surface area contributed by atoms with Crippen LogP contribution in [0.4, 0.5) is 0 Å². The average molecular weight is 436 g/mol. The molecule has 0 fully saturated rings. The first-order valence-corrected chi connectivity index (χ1v) is 10.5. The molecule has 2 N–H and O–H groups in total. The second-order valence-electron chi connectivity index (χ2n) is 6.96. The standard InChI is InChI=1S/C23H20N2O5S/c1-3-30-22(29)19-13(2)24-23-25(20(19)15-7-5-4-6-8-15)21(28)18(31-23)12-14-9-10-16(26)17(27)11-14/h4-12,20,26-27H,3H2,1-2H3. The summed E-state index contributed by atoms with van der Waals surface area (Å²) in [6, 6.07) is 12.9. The smallest absolute Gasteiger partial charge is 0.338 e. The fraction of sp³-hybridized carbons (Fsp3) is 0.174. The number of hydrogen-bond acceptors (Lipinski definition) is 7. The number of aromatic hydroxyl groups is 2. The van der Waals surface area contributed by atoms with E-state index in [0.717, 1.165) is 5.56 Å². The zero-order chi connectivity index (χ0) is 22.1. The number of phenolic OH excluding ortho intramolecular Hbond substituents is 2. The van der Waals surface area contributed by atoms with E-state index in [-0.39, 0.29) is 23.7 Å². The Morgan fingerprint density at radius 3 is 2.61 bits per heavy atom. The van der Waals surface area contributed by atoms with E-state index in [9.17, 15) is 19.8 Å². The van der Waals surface area contributed by atoms with Crippen LogP contribution in [0.5, 0.6) is 11.5 Å². The largest absolute Gasteiger partial charge is 0.504 e. The van der Waals surface area contributed by atoms with Gasteiger partial charge < -0.3 is 14.9 Å². The van der Waals surface area contributed by atoms with Gasteiger partial charge in [0.25, 0.3) is 5.56 Å². The van der Waals surface area contributed by atoms with E-state index in [1.165, 1.54) is 28.0 Å². The van der Waals surface area contributed by atoms with Gasteiger partial charge in [0.1, 0.15) is 0 Å². The lowest BCUT2D eigenvalue weighted by molar-refractivity contribution is -0.139. The lowest BCUT2D eigenvalue weighted by atomic mass is 9.96. The molecule has 1 unspecified atom stereocenters. The molecule has 158 valence electrons. The molecule has 7 nitrogen and oxygen atoms in total. The van der Waals surface area contributed by atoms with Crippen molar-refractivity contribution >= 4 is 23.4 Å². The van der Waals surface area contributed by atoms with Crippen LogP contribution in [0, 0.1) is 0 Å². The molecule has 3 aromatic rings. The van der Waals surface area contributed by atoms with E-state index in [1.807, 2.05) is 30.3 Å². The van der Waals surface area contributed by atoms with Crippen molar-refractivity contribution < 1.29 is 19.7 Å². The molecule has 0 aliphatic carbocycles. The van der Waals surface area contributed by atoms with E-state index in [4.69, 9.17) is 4.74 Å². The second-order valence-corrected chi connectivity index (χ2v) is 7.97. The molecule has 1 aliphatic rings. The Hall–Kier alpha value is -3.65. The first kappa shape index (κ1) is 20.6. The normalized spacial score (nSPS) is 16.1. The monoisotopic (exact) mass is 436 g/mol. The Morgan fingerprint density at radius 2 is 1.94 bits per heavy atom. The lowest BCUT2D eigenvalue weighted by Gasteiger charge is -2.24. The van der Waals surface area contributed by atoms with Crippen molar-refractivity contribution in [2.24, 2.45) is 4.99 Å². The maximum absolute atomic E-state index is 13.4. The highest BCUT2D eigenvalue weighted by molar-refractivity contribution is 7.07. The summed E-state index contributed by atoms with van der Waals surface area (Å²) in [6.45, 7) is 3.68. The number of hydrogen-bond donors (Lipinski definition) is 2. The number of carbonyl (C=O) groups excluding carboxylic acids is 1. The maximum Gasteiger partial charge on any atom is 0.338 e. The van der Waals surface area contributed by atoms with Crippen LogP contribution < -0.4 is 14.9 Å². The Labute approximate surface area is 181 Å². The van der Waals surface area contributed by atoms with Crippen LogP contribution >= 0.6 is 11.3 Å². The van der Waals surface area contributed by atoms with E-state index < -0.39 is 12.0 Å². The highest BCUT2D eigenvalue weighted by Gasteiger charge is 2.33. The third kappa shape index (κ3) is 3.77. The molecule has 0 amide bonds. The Morgan fingerprint density at radius 1 is 1.19 bits per heavy atom. The number of carbonyl (C=O) groups is 1. The minimum absolute atomic E-state index is 0.214. The fourth-order valence-corrected chi connectivity index (χ4v) is 4.57. The number of esters is 1. The highest BCUT2D eigenvalue weighted by Crippen LogP contribution is 2.30. The molecule has 1 aromatic heterocycles. The summed E-state index contributed by atoms with van der Waals surface area (Å²) >= 11 is 1.19. The van der Waals surface area contributed by atoms with Gasteiger partial charge in [0.2, 0.25) is 0 Å². The summed E-state index contributed by atoms with van der Waals surface area (Å²) in [7, 11) is 0. The van der Waals surface area contributed by atoms with Crippen molar-refractivity contribution in [2.75, 3.05) is 6.61 Å². The van der Waals surface area contributed by atoms with Crippen LogP contribution in [0.15, 0.2) is 69.6 Å². The molecule has 8 heteroatoms. The first-order chi connectivity index (χ1) is 14.9. The third-order valence-corrected chi connectivity index (χ3v) is 5.91. The lowest BCUT2D eigenvalue weighted by Crippen LogP contribution is -2.39. The molecule has 2 heterocycles. The number of ether oxygens (including phenoxy) is 1. The van der Waals surface area contributed by atoms with Crippen LogP contribution in [0.1, 0.15) is 31.0 Å². The van der Waals surface area contributed by atoms with Crippen molar-refractivity contribution in [1.29, 1.82) is 0 Å². The molecule has 0 bridgehead atoms. The van der Waals surface area contributed by atoms with Gasteiger partial charge in [0.05, 0.1) is 28.5 Å². The predicted molar refractivity (Wildman–Crippen MR) is 117 cm³/mol. The quantitative estimate of drug-likeness (QED) is 0.482. The molecule has 0 spiro atoms. The molecule has 0 radical (unpaired) electrons. The molecular weight excluding hydrogens is 416 g/mol. The summed E-state index contributed by atoms with van der Waals surface area (Å²) in [5.74, 6) is -1.02. The van der Waals surface area contributed by atoms with Crippen molar-refractivity contribution in [3.05, 3.63) is 90.6 Å². The molecule has 1 atom stereocenters. The summed E-state index contributed by atoms with van der Waals surface area (Å²) in [5.41, 5.74) is 1.85. The van der Waals surface area contributed by atoms with E-state index in [1.54, 1.807) is 26.0 Å². The first-order valence-electron chi connectivity index (χ1n) is 9.67. The second kappa shape index (κ2) is 8.23. The maximum atomic E-state index is 13.4. The topological polar surface area (TPSA) is 101 Å². The Balaban J connectivity index is 1.95. The summed E-state index contributed by atoms with van der Waals surface area (Å²) < 4.78 is 7.15. The Kier molecular flexibility index (Phi) is 5.48. The number of allylic oxidation sites excluding steroid dienone is 1. The van der Waals surface area contributed by atoms with E-state index in [2.05, 4.69) is 4.99 Å². The van der Waals surface area contributed by atoms with Crippen molar-refractivity contribution in [3.8, 4) is 11.5 Å². The van der Waals surface area contributed by atoms with E-state index in [0.29, 0.717) is 26.2 Å². The molecule has 0 saturated carbocycles. The van der Waals surface area contributed by atoms with Gasteiger partial charge >= 0.3 is 5.97 Å². The molecular formula is C23H20N2O5S. The number of aromatic nitrogens is 1. The van der Waals surface area contributed by atoms with Crippen LogP contribution in [-0.2, 0) is 9.53 Å². The summed E-state index contributed by atoms with van der Waals surface area (Å²) in [6.07, 6.45) is 1.62. The van der Waals surface area contributed by atoms with Gasteiger partial charge in [-0.25, -0.2) is 9.79 Å². The minimum atomic E-state index is -0.660. The van der Waals surface area contributed by atoms with Gasteiger partial charge in [0, 0.05) is 0 Å². The molecule has 4 rings (SSSR count). The summed E-state index contributed by atoms with van der Waals surface area (Å²) in [5, 5.41) is 19.3. The van der Waals surface area contributed by atoms with Crippen LogP contribution in [-0.4, -0.2) is 27.4 Å². The Bertz CT molecular complexity index is 1370. The SMILES string of the molecule is CCOC(=O)C1=C(C)N=c2sc(=Cc3ccc(O)c(O)c3)c(=O)n2C1c1ccccc1. The average Bonchev–Trinajstić information content (AvgIpc) is 3.05. The zero-order valence-electron chi connectivity index (χ0n) is 16.9. The van der Waals surface area contributed by atoms with Crippen LogP contribution in [0.25, 0.3) is 6.08 Å². The van der Waals surface area contributed by atoms with Gasteiger partial charge in [-0.2, -0.15) is 0 Å². The predicted octanol–water partition coefficient (Wildman–Crippen LogP) is 2.21. The van der Waals surface area contributed by atoms with Crippen LogP contribution in [0.2, 0.25) is 0 Å². The third-order valence-electron chi connectivity index (χ3n) is 4.93. The molecule has 31 heavy (non-hydrogen) atoms. The molecule has 0 saturated heterocycles. The van der Waals surface area contributed by atoms with Crippen molar-refractivity contribution in [1.82, 2.24) is 4.57 Å². The van der Waals surface area contributed by atoms with Gasteiger partial charge in [-0.3, -0.25) is 9.36 Å². The minimum Gasteiger partial charge on any atom is -0.504 e. The zero-order valence-corrected chi connectivity index (χ0v) is 17.7. The number of phenols is 2. The van der Waals surface area contributed by atoms with E-state index >= 15 is 0 Å². The fourth-order valence-electron chi connectivity index (χ4n) is 3.52. The van der Waals surface area contributed by atoms with Crippen molar-refractivity contribution in [2.45, 2.75) is 19.9 Å². The molecule has 1 aliphatic heterocycles. The number of fused-ring (bicyclic) bond motifs is 1.